The molecule has 0 unspecified atom stereocenters. The zero-order chi connectivity index (χ0) is 14.8. The topological polar surface area (TPSA) is 72.1 Å². The number of nitrogens with one attached hydrogen (secondary N) is 2. The van der Waals surface area contributed by atoms with E-state index in [-0.39, 0.29) is 12.1 Å². The van der Waals surface area contributed by atoms with Crippen LogP contribution in [-0.4, -0.2) is 15.8 Å². The van der Waals surface area contributed by atoms with E-state index in [4.69, 9.17) is 4.42 Å². The first-order valence-electron chi connectivity index (χ1n) is 7.33. The number of furan rings is 1. The van der Waals surface area contributed by atoms with Crippen molar-refractivity contribution in [1.82, 2.24) is 15.1 Å². The van der Waals surface area contributed by atoms with E-state index in [2.05, 4.69) is 15.7 Å². The molecule has 2 heterocycles. The van der Waals surface area contributed by atoms with E-state index in [1.807, 2.05) is 26.2 Å². The molecule has 2 amide bonds. The minimum atomic E-state index is -0.197. The Kier molecular flexibility index (Phi) is 3.68. The number of urea groups is 1. The molecular formula is C15H20N4O2. The minimum Gasteiger partial charge on any atom is -0.469 e. The van der Waals surface area contributed by atoms with Crippen molar-refractivity contribution in [3.63, 3.8) is 0 Å². The molecule has 6 nitrogen and oxygen atoms in total. The van der Waals surface area contributed by atoms with Gasteiger partial charge in [0.1, 0.15) is 5.76 Å². The van der Waals surface area contributed by atoms with Gasteiger partial charge in [-0.3, -0.25) is 4.68 Å². The number of hydrogen-bond acceptors (Lipinski definition) is 3. The van der Waals surface area contributed by atoms with Gasteiger partial charge >= 0.3 is 6.03 Å². The van der Waals surface area contributed by atoms with Crippen molar-refractivity contribution >= 4 is 11.7 Å². The van der Waals surface area contributed by atoms with Crippen LogP contribution in [0.1, 0.15) is 42.8 Å². The molecule has 21 heavy (non-hydrogen) atoms. The lowest BCUT2D eigenvalue weighted by atomic mass is 9.93. The van der Waals surface area contributed by atoms with Crippen LogP contribution in [-0.2, 0) is 19.9 Å². The summed E-state index contributed by atoms with van der Waals surface area (Å²) in [5.74, 6) is 0.988. The quantitative estimate of drug-likeness (QED) is 0.912. The Morgan fingerprint density at radius 2 is 2.43 bits per heavy atom. The third kappa shape index (κ3) is 2.79. The first-order valence-corrected chi connectivity index (χ1v) is 7.33. The second kappa shape index (κ2) is 5.63. The molecule has 1 aliphatic carbocycles. The summed E-state index contributed by atoms with van der Waals surface area (Å²) in [6.45, 7) is 2.02. The zero-order valence-corrected chi connectivity index (χ0v) is 12.3. The van der Waals surface area contributed by atoms with E-state index in [1.54, 1.807) is 10.9 Å². The second-order valence-corrected chi connectivity index (χ2v) is 5.36. The molecule has 0 spiro atoms. The van der Waals surface area contributed by atoms with Gasteiger partial charge in [-0.15, -0.1) is 0 Å². The van der Waals surface area contributed by atoms with Crippen molar-refractivity contribution in [2.24, 2.45) is 7.05 Å². The fraction of sp³-hybridized carbons (Fsp3) is 0.467. The highest BCUT2D eigenvalue weighted by molar-refractivity contribution is 5.90. The van der Waals surface area contributed by atoms with E-state index in [1.165, 1.54) is 0 Å². The molecule has 0 bridgehead atoms. The summed E-state index contributed by atoms with van der Waals surface area (Å²) in [6.07, 6.45) is 7.21. The number of anilines is 1. The van der Waals surface area contributed by atoms with Crippen LogP contribution >= 0.6 is 0 Å². The molecule has 6 heteroatoms. The molecule has 0 aliphatic heterocycles. The summed E-state index contributed by atoms with van der Waals surface area (Å²) in [7, 11) is 1.85. The Bertz CT molecular complexity index is 644. The fourth-order valence-corrected chi connectivity index (χ4v) is 2.85. The number of aryl methyl sites for hydroxylation is 3. The summed E-state index contributed by atoms with van der Waals surface area (Å²) in [5, 5.41) is 10.2. The van der Waals surface area contributed by atoms with Crippen LogP contribution in [0, 0.1) is 0 Å². The van der Waals surface area contributed by atoms with Crippen molar-refractivity contribution in [2.75, 3.05) is 5.32 Å². The van der Waals surface area contributed by atoms with E-state index in [0.29, 0.717) is 0 Å². The number of nitrogens with zero attached hydrogens (tertiary/aromatic N) is 2. The average molecular weight is 288 g/mol. The Morgan fingerprint density at radius 3 is 3.24 bits per heavy atom. The normalized spacial score (nSPS) is 17.3. The highest BCUT2D eigenvalue weighted by Gasteiger charge is 2.24. The van der Waals surface area contributed by atoms with Gasteiger partial charge in [-0.1, -0.05) is 6.92 Å². The first kappa shape index (κ1) is 13.7. The Morgan fingerprint density at radius 1 is 1.57 bits per heavy atom. The molecule has 0 fully saturated rings. The summed E-state index contributed by atoms with van der Waals surface area (Å²) in [4.78, 5) is 12.2. The lowest BCUT2D eigenvalue weighted by Crippen LogP contribution is -2.34. The Hall–Kier alpha value is -2.24. The molecule has 2 aromatic rings. The fourth-order valence-electron chi connectivity index (χ4n) is 2.85. The van der Waals surface area contributed by atoms with Gasteiger partial charge in [0.25, 0.3) is 0 Å². The molecule has 0 radical (unpaired) electrons. The van der Waals surface area contributed by atoms with Gasteiger partial charge in [0.05, 0.1) is 23.7 Å². The zero-order valence-electron chi connectivity index (χ0n) is 12.3. The maximum absolute atomic E-state index is 12.2. The molecular weight excluding hydrogens is 268 g/mol. The third-order valence-corrected chi connectivity index (χ3v) is 3.85. The third-order valence-electron chi connectivity index (χ3n) is 3.85. The van der Waals surface area contributed by atoms with Gasteiger partial charge in [0, 0.05) is 25.2 Å². The van der Waals surface area contributed by atoms with Gasteiger partial charge in [0.2, 0.25) is 0 Å². The molecule has 0 aromatic carbocycles. The van der Waals surface area contributed by atoms with Gasteiger partial charge in [-0.2, -0.15) is 5.10 Å². The van der Waals surface area contributed by atoms with Crippen LogP contribution in [0.4, 0.5) is 10.5 Å². The first-order chi connectivity index (χ1) is 10.2. The number of carbonyl (C=O) groups excluding carboxylic acids is 1. The second-order valence-electron chi connectivity index (χ2n) is 5.36. The molecule has 1 aliphatic rings. The van der Waals surface area contributed by atoms with E-state index in [9.17, 15) is 4.79 Å². The molecule has 3 rings (SSSR count). The van der Waals surface area contributed by atoms with Crippen LogP contribution in [0.2, 0.25) is 0 Å². The summed E-state index contributed by atoms with van der Waals surface area (Å²) in [5.41, 5.74) is 2.75. The van der Waals surface area contributed by atoms with Crippen molar-refractivity contribution < 1.29 is 9.21 Å². The SMILES string of the molecule is CCc1nn(C)cc1NC(=O)N[C@@H]1CCCc2occc21. The van der Waals surface area contributed by atoms with E-state index >= 15 is 0 Å². The average Bonchev–Trinajstić information content (AvgIpc) is 3.05. The van der Waals surface area contributed by atoms with Crippen LogP contribution in [0.25, 0.3) is 0 Å². The van der Waals surface area contributed by atoms with E-state index in [0.717, 1.165) is 48.4 Å². The Balaban J connectivity index is 1.68. The monoisotopic (exact) mass is 288 g/mol. The molecule has 2 aromatic heterocycles. The number of amides is 2. The summed E-state index contributed by atoms with van der Waals surface area (Å²) in [6, 6.07) is 1.77. The predicted molar refractivity (Wildman–Crippen MR) is 79.1 cm³/mol. The van der Waals surface area contributed by atoms with Crippen molar-refractivity contribution in [3.05, 3.63) is 35.5 Å². The van der Waals surface area contributed by atoms with Gasteiger partial charge < -0.3 is 15.1 Å². The van der Waals surface area contributed by atoms with Crippen molar-refractivity contribution in [1.29, 1.82) is 0 Å². The highest BCUT2D eigenvalue weighted by atomic mass is 16.3. The lowest BCUT2D eigenvalue weighted by Gasteiger charge is -2.22. The number of aromatic nitrogens is 2. The van der Waals surface area contributed by atoms with Crippen molar-refractivity contribution in [2.45, 2.75) is 38.6 Å². The maximum atomic E-state index is 12.2. The minimum absolute atomic E-state index is 0.0225. The molecule has 2 N–H and O–H groups in total. The van der Waals surface area contributed by atoms with Crippen molar-refractivity contribution in [3.8, 4) is 0 Å². The maximum Gasteiger partial charge on any atom is 0.319 e. The van der Waals surface area contributed by atoms with Crippen LogP contribution in [0.3, 0.4) is 0 Å². The molecule has 112 valence electrons. The van der Waals surface area contributed by atoms with Crippen LogP contribution in [0.5, 0.6) is 0 Å². The molecule has 1 atom stereocenters. The summed E-state index contributed by atoms with van der Waals surface area (Å²) >= 11 is 0. The van der Waals surface area contributed by atoms with E-state index < -0.39 is 0 Å². The number of carbonyl (C=O) groups is 1. The van der Waals surface area contributed by atoms with Gasteiger partial charge in [-0.25, -0.2) is 4.79 Å². The predicted octanol–water partition coefficient (Wildman–Crippen LogP) is 2.77. The smallest absolute Gasteiger partial charge is 0.319 e. The van der Waals surface area contributed by atoms with Crippen LogP contribution < -0.4 is 10.6 Å². The number of fused-ring (bicyclic) bond motifs is 1. The highest BCUT2D eigenvalue weighted by Crippen LogP contribution is 2.30. The van der Waals surface area contributed by atoms with Gasteiger partial charge in [-0.05, 0) is 25.3 Å². The molecule has 0 saturated carbocycles. The standard InChI is InChI=1S/C15H20N4O2/c1-3-11-13(9-19(2)18-11)17-15(20)16-12-5-4-6-14-10(12)7-8-21-14/h7-9,12H,3-6H2,1-2H3,(H2,16,17,20)/t12-/m1/s1. The van der Waals surface area contributed by atoms with Crippen LogP contribution in [0.15, 0.2) is 22.9 Å². The summed E-state index contributed by atoms with van der Waals surface area (Å²) < 4.78 is 7.15. The number of rotatable bonds is 3. The largest absolute Gasteiger partial charge is 0.469 e. The van der Waals surface area contributed by atoms with Gasteiger partial charge in [0.15, 0.2) is 0 Å². The number of hydrogen-bond donors (Lipinski definition) is 2. The molecule has 0 saturated heterocycles. The Labute approximate surface area is 123 Å². The lowest BCUT2D eigenvalue weighted by molar-refractivity contribution is 0.246.